The SMILES string of the molecule is COC(=O)CSc1nnc(-c2ccncc2)n1-c1ccccc1C. The van der Waals surface area contributed by atoms with Crippen molar-refractivity contribution in [3.63, 3.8) is 0 Å². The number of para-hydroxylation sites is 1. The van der Waals surface area contributed by atoms with Gasteiger partial charge >= 0.3 is 5.97 Å². The normalized spacial score (nSPS) is 10.6. The lowest BCUT2D eigenvalue weighted by Gasteiger charge is -2.12. The van der Waals surface area contributed by atoms with E-state index < -0.39 is 0 Å². The van der Waals surface area contributed by atoms with Crippen molar-refractivity contribution in [2.45, 2.75) is 12.1 Å². The minimum Gasteiger partial charge on any atom is -0.468 e. The van der Waals surface area contributed by atoms with Crippen LogP contribution in [0.25, 0.3) is 17.1 Å². The molecule has 6 nitrogen and oxygen atoms in total. The number of carbonyl (C=O) groups excluding carboxylic acids is 1. The number of rotatable bonds is 5. The standard InChI is InChI=1S/C17H16N4O2S/c1-12-5-3-4-6-14(12)21-16(13-7-9-18-10-8-13)19-20-17(21)24-11-15(22)23-2/h3-10H,11H2,1-2H3. The van der Waals surface area contributed by atoms with Crippen LogP contribution in [0.3, 0.4) is 0 Å². The molecule has 0 fully saturated rings. The third-order valence-electron chi connectivity index (χ3n) is 3.48. The number of thioether (sulfide) groups is 1. The zero-order valence-electron chi connectivity index (χ0n) is 13.3. The number of esters is 1. The molecule has 0 unspecified atom stereocenters. The molecular formula is C17H16N4O2S. The lowest BCUT2D eigenvalue weighted by atomic mass is 10.2. The molecule has 0 saturated carbocycles. The van der Waals surface area contributed by atoms with Crippen molar-refractivity contribution in [1.82, 2.24) is 19.7 Å². The van der Waals surface area contributed by atoms with Gasteiger partial charge in [0.25, 0.3) is 0 Å². The first-order chi connectivity index (χ1) is 11.7. The van der Waals surface area contributed by atoms with Crippen LogP contribution in [0.1, 0.15) is 5.56 Å². The summed E-state index contributed by atoms with van der Waals surface area (Å²) in [6.07, 6.45) is 3.43. The number of methoxy groups -OCH3 is 1. The molecule has 0 saturated heterocycles. The van der Waals surface area contributed by atoms with Crippen molar-refractivity contribution >= 4 is 17.7 Å². The van der Waals surface area contributed by atoms with Gasteiger partial charge in [-0.2, -0.15) is 0 Å². The molecule has 0 aliphatic heterocycles. The van der Waals surface area contributed by atoms with E-state index in [0.717, 1.165) is 16.8 Å². The third-order valence-corrected chi connectivity index (χ3v) is 4.38. The summed E-state index contributed by atoms with van der Waals surface area (Å²) in [5, 5.41) is 9.22. The molecule has 3 rings (SSSR count). The molecule has 0 atom stereocenters. The van der Waals surface area contributed by atoms with Gasteiger partial charge in [0.2, 0.25) is 0 Å². The summed E-state index contributed by atoms with van der Waals surface area (Å²) >= 11 is 1.30. The number of ether oxygens (including phenoxy) is 1. The Morgan fingerprint density at radius 1 is 1.17 bits per heavy atom. The first-order valence-corrected chi connectivity index (χ1v) is 8.30. The highest BCUT2D eigenvalue weighted by Crippen LogP contribution is 2.29. The van der Waals surface area contributed by atoms with Crippen LogP contribution in [0, 0.1) is 6.92 Å². The van der Waals surface area contributed by atoms with E-state index in [1.54, 1.807) is 12.4 Å². The second-order valence-electron chi connectivity index (χ2n) is 5.03. The number of nitrogens with zero attached hydrogens (tertiary/aromatic N) is 4. The quantitative estimate of drug-likeness (QED) is 0.525. The van der Waals surface area contributed by atoms with Gasteiger partial charge in [-0.1, -0.05) is 30.0 Å². The number of aromatic nitrogens is 4. The Balaban J connectivity index is 2.09. The zero-order valence-corrected chi connectivity index (χ0v) is 14.2. The molecule has 0 aliphatic rings. The van der Waals surface area contributed by atoms with Gasteiger partial charge < -0.3 is 4.74 Å². The molecule has 0 aliphatic carbocycles. The van der Waals surface area contributed by atoms with Gasteiger partial charge in [-0.05, 0) is 30.7 Å². The van der Waals surface area contributed by atoms with E-state index in [-0.39, 0.29) is 11.7 Å². The lowest BCUT2D eigenvalue weighted by molar-refractivity contribution is -0.137. The molecule has 3 aromatic rings. The van der Waals surface area contributed by atoms with E-state index in [9.17, 15) is 4.79 Å². The van der Waals surface area contributed by atoms with Gasteiger partial charge in [0.15, 0.2) is 11.0 Å². The van der Waals surface area contributed by atoms with Crippen LogP contribution < -0.4 is 0 Å². The number of benzene rings is 1. The molecule has 1 aromatic carbocycles. The molecular weight excluding hydrogens is 324 g/mol. The first-order valence-electron chi connectivity index (χ1n) is 7.32. The maximum atomic E-state index is 11.5. The fraction of sp³-hybridized carbons (Fsp3) is 0.176. The Kier molecular flexibility index (Phi) is 4.90. The molecule has 0 spiro atoms. The first kappa shape index (κ1) is 16.2. The van der Waals surface area contributed by atoms with Gasteiger partial charge in [0, 0.05) is 18.0 Å². The van der Waals surface area contributed by atoms with Crippen molar-refractivity contribution in [3.8, 4) is 17.1 Å². The highest BCUT2D eigenvalue weighted by Gasteiger charge is 2.18. The summed E-state index contributed by atoms with van der Waals surface area (Å²) in [4.78, 5) is 15.5. The molecule has 24 heavy (non-hydrogen) atoms. The Morgan fingerprint density at radius 2 is 1.92 bits per heavy atom. The molecule has 7 heteroatoms. The maximum Gasteiger partial charge on any atom is 0.316 e. The molecule has 0 radical (unpaired) electrons. The van der Waals surface area contributed by atoms with Crippen molar-refractivity contribution < 1.29 is 9.53 Å². The van der Waals surface area contributed by atoms with Crippen LogP contribution >= 0.6 is 11.8 Å². The van der Waals surface area contributed by atoms with E-state index in [0.29, 0.717) is 11.0 Å². The van der Waals surface area contributed by atoms with Crippen molar-refractivity contribution in [3.05, 3.63) is 54.4 Å². The fourth-order valence-electron chi connectivity index (χ4n) is 2.27. The summed E-state index contributed by atoms with van der Waals surface area (Å²) in [7, 11) is 1.37. The second kappa shape index (κ2) is 7.27. The van der Waals surface area contributed by atoms with Crippen LogP contribution in [-0.4, -0.2) is 38.6 Å². The van der Waals surface area contributed by atoms with E-state index in [1.165, 1.54) is 18.9 Å². The van der Waals surface area contributed by atoms with Crippen molar-refractivity contribution in [2.24, 2.45) is 0 Å². The highest BCUT2D eigenvalue weighted by molar-refractivity contribution is 7.99. The minimum absolute atomic E-state index is 0.177. The lowest BCUT2D eigenvalue weighted by Crippen LogP contribution is -2.06. The summed E-state index contributed by atoms with van der Waals surface area (Å²) in [5.41, 5.74) is 2.97. The van der Waals surface area contributed by atoms with E-state index in [2.05, 4.69) is 15.2 Å². The Bertz CT molecular complexity index is 849. The van der Waals surface area contributed by atoms with Gasteiger partial charge in [0.1, 0.15) is 0 Å². The summed E-state index contributed by atoms with van der Waals surface area (Å²) < 4.78 is 6.66. The summed E-state index contributed by atoms with van der Waals surface area (Å²) in [6.45, 7) is 2.03. The average Bonchev–Trinajstić information content (AvgIpc) is 3.04. The van der Waals surface area contributed by atoms with Gasteiger partial charge in [-0.3, -0.25) is 14.3 Å². The zero-order chi connectivity index (χ0) is 16.9. The van der Waals surface area contributed by atoms with E-state index in [4.69, 9.17) is 4.74 Å². The minimum atomic E-state index is -0.301. The predicted molar refractivity (Wildman–Crippen MR) is 92.1 cm³/mol. The number of aryl methyl sites for hydroxylation is 1. The van der Waals surface area contributed by atoms with Gasteiger partial charge in [-0.25, -0.2) is 0 Å². The van der Waals surface area contributed by atoms with Crippen LogP contribution in [0.2, 0.25) is 0 Å². The monoisotopic (exact) mass is 340 g/mol. The van der Waals surface area contributed by atoms with Crippen LogP contribution in [-0.2, 0) is 9.53 Å². The number of carbonyl (C=O) groups is 1. The topological polar surface area (TPSA) is 69.9 Å². The molecule has 0 amide bonds. The van der Waals surface area contributed by atoms with E-state index in [1.807, 2.05) is 47.9 Å². The Morgan fingerprint density at radius 3 is 2.62 bits per heavy atom. The van der Waals surface area contributed by atoms with Gasteiger partial charge in [0.05, 0.1) is 18.6 Å². The fourth-order valence-corrected chi connectivity index (χ4v) is 3.04. The Hall–Kier alpha value is -2.67. The number of hydrogen-bond acceptors (Lipinski definition) is 6. The second-order valence-corrected chi connectivity index (χ2v) is 5.97. The predicted octanol–water partition coefficient (Wildman–Crippen LogP) is 2.90. The summed E-state index contributed by atoms with van der Waals surface area (Å²) in [6, 6.07) is 11.7. The maximum absolute atomic E-state index is 11.5. The average molecular weight is 340 g/mol. The molecule has 2 heterocycles. The molecule has 2 aromatic heterocycles. The molecule has 0 N–H and O–H groups in total. The number of hydrogen-bond donors (Lipinski definition) is 0. The summed E-state index contributed by atoms with van der Waals surface area (Å²) in [5.74, 6) is 0.584. The van der Waals surface area contributed by atoms with Crippen molar-refractivity contribution in [1.29, 1.82) is 0 Å². The van der Waals surface area contributed by atoms with E-state index >= 15 is 0 Å². The number of pyridine rings is 1. The smallest absolute Gasteiger partial charge is 0.316 e. The van der Waals surface area contributed by atoms with Crippen LogP contribution in [0.15, 0.2) is 53.9 Å². The highest BCUT2D eigenvalue weighted by atomic mass is 32.2. The Labute approximate surface area is 143 Å². The van der Waals surface area contributed by atoms with Crippen LogP contribution in [0.4, 0.5) is 0 Å². The third kappa shape index (κ3) is 3.30. The molecule has 0 bridgehead atoms. The molecule has 122 valence electrons. The van der Waals surface area contributed by atoms with Gasteiger partial charge in [-0.15, -0.1) is 10.2 Å². The largest absolute Gasteiger partial charge is 0.468 e. The van der Waals surface area contributed by atoms with Crippen LogP contribution in [0.5, 0.6) is 0 Å². The van der Waals surface area contributed by atoms with Crippen molar-refractivity contribution in [2.75, 3.05) is 12.9 Å².